The van der Waals surface area contributed by atoms with E-state index in [-0.39, 0.29) is 5.91 Å². The van der Waals surface area contributed by atoms with Crippen LogP contribution in [0.1, 0.15) is 36.8 Å². The average molecular weight is 424 g/mol. The fraction of sp³-hybridized carbons (Fsp3) is 0.435. The Morgan fingerprint density at radius 3 is 2.94 bits per heavy atom. The van der Waals surface area contributed by atoms with Crippen molar-refractivity contribution in [3.05, 3.63) is 53.7 Å². The van der Waals surface area contributed by atoms with Crippen molar-refractivity contribution in [1.82, 2.24) is 9.88 Å². The second kappa shape index (κ2) is 7.40. The smallest absolute Gasteiger partial charge is 0.303 e. The lowest BCUT2D eigenvalue weighted by Gasteiger charge is -2.24. The van der Waals surface area contributed by atoms with Crippen molar-refractivity contribution >= 4 is 22.8 Å². The number of nitrogens with zero attached hydrogens (tertiary/aromatic N) is 2. The number of fused-ring (bicyclic) bond motifs is 3. The summed E-state index contributed by atoms with van der Waals surface area (Å²) in [6.07, 6.45) is 1.41. The van der Waals surface area contributed by atoms with Gasteiger partial charge < -0.3 is 23.8 Å². The Bertz CT molecular complexity index is 1080. The second-order valence-corrected chi connectivity index (χ2v) is 8.45. The van der Waals surface area contributed by atoms with Gasteiger partial charge in [-0.2, -0.15) is 0 Å². The van der Waals surface area contributed by atoms with Crippen molar-refractivity contribution in [3.8, 4) is 0 Å². The third kappa shape index (κ3) is 3.71. The molecule has 1 amide bonds. The molecule has 0 saturated carbocycles. The summed E-state index contributed by atoms with van der Waals surface area (Å²) in [4.78, 5) is 30.6. The van der Waals surface area contributed by atoms with Crippen LogP contribution >= 0.6 is 0 Å². The third-order valence-corrected chi connectivity index (χ3v) is 5.63. The van der Waals surface area contributed by atoms with Crippen LogP contribution in [0.5, 0.6) is 0 Å². The Morgan fingerprint density at radius 1 is 1.32 bits per heavy atom. The van der Waals surface area contributed by atoms with E-state index in [1.807, 2.05) is 36.4 Å². The van der Waals surface area contributed by atoms with Gasteiger partial charge in [0.2, 0.25) is 0 Å². The van der Waals surface area contributed by atoms with Gasteiger partial charge in [0.1, 0.15) is 11.8 Å². The number of benzene rings is 1. The molecule has 0 aliphatic carbocycles. The van der Waals surface area contributed by atoms with E-state index in [9.17, 15) is 9.59 Å². The van der Waals surface area contributed by atoms with E-state index < -0.39 is 36.4 Å². The van der Waals surface area contributed by atoms with Crippen LogP contribution in [0.3, 0.4) is 0 Å². The minimum absolute atomic E-state index is 0.0976. The van der Waals surface area contributed by atoms with Gasteiger partial charge >= 0.3 is 5.97 Å². The van der Waals surface area contributed by atoms with Crippen LogP contribution in [0, 0.1) is 0 Å². The van der Waals surface area contributed by atoms with Crippen LogP contribution in [-0.4, -0.2) is 58.7 Å². The van der Waals surface area contributed by atoms with E-state index in [0.717, 1.165) is 16.5 Å². The topological polar surface area (TPSA) is 87.2 Å². The number of ether oxygens (including phenoxy) is 4. The maximum absolute atomic E-state index is 12.8. The van der Waals surface area contributed by atoms with Crippen LogP contribution in [0.2, 0.25) is 0 Å². The van der Waals surface area contributed by atoms with Gasteiger partial charge in [-0.25, -0.2) is 4.98 Å². The molecule has 4 heterocycles. The fourth-order valence-corrected chi connectivity index (χ4v) is 4.35. The summed E-state index contributed by atoms with van der Waals surface area (Å²) in [5, 5.41) is 1.02. The van der Waals surface area contributed by atoms with Gasteiger partial charge in [-0.1, -0.05) is 30.4 Å². The first kappa shape index (κ1) is 20.1. The molecule has 3 aliphatic rings. The highest BCUT2D eigenvalue weighted by atomic mass is 16.8. The Morgan fingerprint density at radius 2 is 2.13 bits per heavy atom. The Labute approximate surface area is 179 Å². The highest BCUT2D eigenvalue weighted by molar-refractivity contribution is 5.99. The van der Waals surface area contributed by atoms with Crippen molar-refractivity contribution in [1.29, 1.82) is 0 Å². The number of hydrogen-bond acceptors (Lipinski definition) is 7. The number of amides is 1. The van der Waals surface area contributed by atoms with Crippen molar-refractivity contribution < 1.29 is 28.5 Å². The van der Waals surface area contributed by atoms with Crippen molar-refractivity contribution in [2.75, 3.05) is 6.54 Å². The van der Waals surface area contributed by atoms with E-state index in [1.165, 1.54) is 6.92 Å². The first-order chi connectivity index (χ1) is 14.8. The van der Waals surface area contributed by atoms with Crippen molar-refractivity contribution in [2.45, 2.75) is 57.7 Å². The quantitative estimate of drug-likeness (QED) is 0.551. The highest BCUT2D eigenvalue weighted by Gasteiger charge is 2.55. The number of esters is 1. The largest absolute Gasteiger partial charge is 0.456 e. The number of carbonyl (C=O) groups excluding carboxylic acids is 2. The number of hydrogen-bond donors (Lipinski definition) is 0. The molecule has 2 fully saturated rings. The number of carbonyl (C=O) groups is 2. The summed E-state index contributed by atoms with van der Waals surface area (Å²) in [7, 11) is 0. The zero-order valence-electron chi connectivity index (χ0n) is 17.6. The first-order valence-electron chi connectivity index (χ1n) is 10.3. The first-order valence-corrected chi connectivity index (χ1v) is 10.3. The van der Waals surface area contributed by atoms with E-state index in [4.69, 9.17) is 18.9 Å². The van der Waals surface area contributed by atoms with Crippen LogP contribution in [-0.2, 0) is 30.3 Å². The molecule has 0 radical (unpaired) electrons. The lowest BCUT2D eigenvalue weighted by Crippen LogP contribution is -2.37. The Hall–Kier alpha value is -2.81. The maximum Gasteiger partial charge on any atom is 0.303 e. The average Bonchev–Trinajstić information content (AvgIpc) is 3.29. The molecule has 8 heteroatoms. The predicted octanol–water partition coefficient (Wildman–Crippen LogP) is 2.55. The molecule has 162 valence electrons. The summed E-state index contributed by atoms with van der Waals surface area (Å²) in [6, 6.07) is 9.78. The summed E-state index contributed by atoms with van der Waals surface area (Å²) >= 11 is 0. The minimum atomic E-state index is -0.799. The lowest BCUT2D eigenvalue weighted by molar-refractivity contribution is -0.212. The van der Waals surface area contributed by atoms with Crippen LogP contribution < -0.4 is 0 Å². The van der Waals surface area contributed by atoms with Gasteiger partial charge in [0.25, 0.3) is 5.91 Å². The fourth-order valence-electron chi connectivity index (χ4n) is 4.35. The molecule has 4 atom stereocenters. The summed E-state index contributed by atoms with van der Waals surface area (Å²) < 4.78 is 23.0. The minimum Gasteiger partial charge on any atom is -0.456 e. The number of rotatable bonds is 4. The van der Waals surface area contributed by atoms with Gasteiger partial charge in [-0.05, 0) is 26.0 Å². The van der Waals surface area contributed by atoms with Gasteiger partial charge in [-0.3, -0.25) is 9.59 Å². The molecule has 0 N–H and O–H groups in total. The van der Waals surface area contributed by atoms with Gasteiger partial charge in [0.05, 0.1) is 5.52 Å². The number of para-hydroxylation sites is 1. The van der Waals surface area contributed by atoms with E-state index in [1.54, 1.807) is 24.8 Å². The summed E-state index contributed by atoms with van der Waals surface area (Å²) in [5.74, 6) is -1.31. The highest BCUT2D eigenvalue weighted by Crippen LogP contribution is 2.39. The Kier molecular flexibility index (Phi) is 4.80. The van der Waals surface area contributed by atoms with Gasteiger partial charge in [0.15, 0.2) is 24.3 Å². The zero-order chi connectivity index (χ0) is 21.8. The van der Waals surface area contributed by atoms with E-state index in [2.05, 4.69) is 4.98 Å². The van der Waals surface area contributed by atoms with E-state index in [0.29, 0.717) is 18.8 Å². The molecule has 2 saturated heterocycles. The molecule has 8 nitrogen and oxygen atoms in total. The van der Waals surface area contributed by atoms with Crippen molar-refractivity contribution in [3.63, 3.8) is 0 Å². The molecule has 31 heavy (non-hydrogen) atoms. The lowest BCUT2D eigenvalue weighted by atomic mass is 10.1. The SMILES string of the molecule is CC(=O)O[C@@H]1[C@H]2OC(C)(C)O[C@H]2O[C@@H]1/C=C/CN1Cc2cc3ccccc3nc2C1=O. The van der Waals surface area contributed by atoms with Gasteiger partial charge in [-0.15, -0.1) is 0 Å². The van der Waals surface area contributed by atoms with Crippen LogP contribution in [0.4, 0.5) is 0 Å². The molecule has 0 bridgehead atoms. The normalized spacial score (nSPS) is 29.0. The van der Waals surface area contributed by atoms with Gasteiger partial charge in [0, 0.05) is 31.0 Å². The standard InChI is InChI=1S/C23H24N2O6/c1-13(26)28-19-17(29-22-20(19)30-23(2,3)31-22)9-6-10-25-12-15-11-14-7-4-5-8-16(14)24-18(15)21(25)27/h4-9,11,17,19-20,22H,10,12H2,1-3H3/b9-6+/t17-,19+,20-,22-/m1/s1. The molecule has 0 spiro atoms. The molecular weight excluding hydrogens is 400 g/mol. The molecular formula is C23H24N2O6. The molecule has 1 aromatic heterocycles. The maximum atomic E-state index is 12.8. The second-order valence-electron chi connectivity index (χ2n) is 8.45. The number of pyridine rings is 1. The Balaban J connectivity index is 1.28. The zero-order valence-corrected chi connectivity index (χ0v) is 17.6. The van der Waals surface area contributed by atoms with Crippen LogP contribution in [0.15, 0.2) is 42.5 Å². The van der Waals surface area contributed by atoms with E-state index >= 15 is 0 Å². The predicted molar refractivity (Wildman–Crippen MR) is 110 cm³/mol. The molecule has 2 aromatic rings. The monoisotopic (exact) mass is 424 g/mol. The molecule has 1 aromatic carbocycles. The summed E-state index contributed by atoms with van der Waals surface area (Å²) in [6.45, 7) is 5.82. The molecule has 5 rings (SSSR count). The molecule has 0 unspecified atom stereocenters. The summed E-state index contributed by atoms with van der Waals surface area (Å²) in [5.41, 5.74) is 2.23. The van der Waals surface area contributed by atoms with Crippen LogP contribution in [0.25, 0.3) is 10.9 Å². The van der Waals surface area contributed by atoms with Crippen molar-refractivity contribution in [2.24, 2.45) is 0 Å². The third-order valence-electron chi connectivity index (χ3n) is 5.63. The number of aromatic nitrogens is 1. The molecule has 3 aliphatic heterocycles.